The zero-order valence-electron chi connectivity index (χ0n) is 12.2. The van der Waals surface area contributed by atoms with E-state index in [4.69, 9.17) is 21.8 Å². The van der Waals surface area contributed by atoms with Gasteiger partial charge >= 0.3 is 10.3 Å². The first-order valence-corrected chi connectivity index (χ1v) is 8.90. The van der Waals surface area contributed by atoms with E-state index in [1.54, 1.807) is 6.07 Å². The lowest BCUT2D eigenvalue weighted by molar-refractivity contribution is -0.152. The van der Waals surface area contributed by atoms with Crippen molar-refractivity contribution in [1.82, 2.24) is 0 Å². The van der Waals surface area contributed by atoms with Crippen LogP contribution in [0, 0.1) is 0 Å². The van der Waals surface area contributed by atoms with Crippen molar-refractivity contribution < 1.29 is 22.8 Å². The van der Waals surface area contributed by atoms with Gasteiger partial charge in [0, 0.05) is 17.9 Å². The number of hydrogen-bond donors (Lipinski definition) is 3. The third-order valence-corrected chi connectivity index (χ3v) is 4.06. The van der Waals surface area contributed by atoms with Crippen LogP contribution < -0.4 is 5.14 Å². The number of halogens is 1. The molecule has 0 aliphatic heterocycles. The Morgan fingerprint density at radius 3 is 2.27 bits per heavy atom. The molecule has 0 bridgehead atoms. The van der Waals surface area contributed by atoms with Crippen LogP contribution in [0.2, 0.25) is 5.02 Å². The fourth-order valence-electron chi connectivity index (χ4n) is 2.08. The van der Waals surface area contributed by atoms with E-state index in [1.807, 2.05) is 18.2 Å². The summed E-state index contributed by atoms with van der Waals surface area (Å²) in [6, 6.07) is 7.39. The predicted octanol–water partition coefficient (Wildman–Crippen LogP) is 1.73. The quantitative estimate of drug-likeness (QED) is 0.552. The first kappa shape index (κ1) is 19.3. The monoisotopic (exact) mass is 351 g/mol. The first-order valence-electron chi connectivity index (χ1n) is 7.05. The average Bonchev–Trinajstić information content (AvgIpc) is 2.81. The van der Waals surface area contributed by atoms with E-state index >= 15 is 0 Å². The molecular formula is C14H22ClNO5S. The third kappa shape index (κ3) is 8.67. The highest BCUT2D eigenvalue weighted by atomic mass is 35.5. The Hall–Kier alpha value is -0.700. The number of nitrogens with two attached hydrogens (primary N) is 1. The van der Waals surface area contributed by atoms with Crippen molar-refractivity contribution in [3.8, 4) is 0 Å². The molecule has 0 atom stereocenters. The maximum atomic E-state index is 10.4. The van der Waals surface area contributed by atoms with Crippen molar-refractivity contribution >= 4 is 21.9 Å². The van der Waals surface area contributed by atoms with Crippen LogP contribution in [0.5, 0.6) is 0 Å². The van der Waals surface area contributed by atoms with E-state index in [2.05, 4.69) is 9.32 Å². The van der Waals surface area contributed by atoms with E-state index in [1.165, 1.54) is 0 Å². The highest BCUT2D eigenvalue weighted by Crippen LogP contribution is 2.25. The van der Waals surface area contributed by atoms with Gasteiger partial charge in [-0.2, -0.15) is 8.42 Å². The molecule has 0 unspecified atom stereocenters. The van der Waals surface area contributed by atoms with E-state index < -0.39 is 16.1 Å². The summed E-state index contributed by atoms with van der Waals surface area (Å²) in [7, 11) is -3.82. The third-order valence-electron chi connectivity index (χ3n) is 3.20. The summed E-state index contributed by atoms with van der Waals surface area (Å²) in [6.07, 6.45) is 4.27. The minimum absolute atomic E-state index is 0.0735. The Balaban J connectivity index is 0.000000287. The van der Waals surface area contributed by atoms with Crippen LogP contribution in [-0.2, 0) is 20.9 Å². The molecule has 126 valence electrons. The van der Waals surface area contributed by atoms with Crippen LogP contribution in [0.3, 0.4) is 0 Å². The van der Waals surface area contributed by atoms with Gasteiger partial charge in [-0.3, -0.25) is 4.18 Å². The van der Waals surface area contributed by atoms with Gasteiger partial charge in [0.2, 0.25) is 0 Å². The molecule has 1 aliphatic carbocycles. The summed E-state index contributed by atoms with van der Waals surface area (Å²) in [4.78, 5) is 0. The van der Waals surface area contributed by atoms with Crippen molar-refractivity contribution in [2.45, 2.75) is 44.3 Å². The molecule has 1 aromatic carbocycles. The van der Waals surface area contributed by atoms with Crippen LogP contribution >= 0.6 is 11.6 Å². The summed E-state index contributed by atoms with van der Waals surface area (Å²) in [5, 5.41) is 22.8. The zero-order chi connectivity index (χ0) is 16.6. The molecule has 0 radical (unpaired) electrons. The number of rotatable bonds is 5. The average molecular weight is 352 g/mol. The Labute approximate surface area is 136 Å². The van der Waals surface area contributed by atoms with Crippen molar-refractivity contribution in [1.29, 1.82) is 0 Å². The lowest BCUT2D eigenvalue weighted by atomic mass is 10.1. The van der Waals surface area contributed by atoms with E-state index in [-0.39, 0.29) is 6.61 Å². The van der Waals surface area contributed by atoms with Gasteiger partial charge < -0.3 is 10.2 Å². The summed E-state index contributed by atoms with van der Waals surface area (Å²) >= 11 is 5.91. The van der Waals surface area contributed by atoms with E-state index in [9.17, 15) is 8.42 Å². The maximum Gasteiger partial charge on any atom is 0.333 e. The molecule has 1 aliphatic rings. The van der Waals surface area contributed by atoms with Gasteiger partial charge in [0.1, 0.15) is 0 Å². The molecule has 0 saturated heterocycles. The molecule has 0 heterocycles. The number of hydrogen-bond acceptors (Lipinski definition) is 5. The van der Waals surface area contributed by atoms with Gasteiger partial charge in [-0.15, -0.1) is 0 Å². The lowest BCUT2D eigenvalue weighted by Crippen LogP contribution is -2.21. The zero-order valence-corrected chi connectivity index (χ0v) is 13.8. The Morgan fingerprint density at radius 2 is 1.82 bits per heavy atom. The normalized spacial score (nSPS) is 16.9. The Morgan fingerprint density at radius 1 is 1.23 bits per heavy atom. The fraction of sp³-hybridized carbons (Fsp3) is 0.571. The Kier molecular flexibility index (Phi) is 7.75. The van der Waals surface area contributed by atoms with Gasteiger partial charge in [-0.1, -0.05) is 29.8 Å². The Bertz CT molecular complexity index is 554. The minimum atomic E-state index is -3.82. The SMILES string of the molecule is NS(=O)(=O)OCCCc1ccccc1Cl.OC1(O)CCCC1. The second-order valence-electron chi connectivity index (χ2n) is 5.20. The second-order valence-corrected chi connectivity index (χ2v) is 6.83. The molecule has 22 heavy (non-hydrogen) atoms. The van der Waals surface area contributed by atoms with Gasteiger partial charge in [0.15, 0.2) is 5.79 Å². The minimum Gasteiger partial charge on any atom is -0.366 e. The van der Waals surface area contributed by atoms with Gasteiger partial charge in [0.25, 0.3) is 0 Å². The standard InChI is InChI=1S/C9H12ClNO3S.C5H10O2/c10-9-6-2-1-4-8(9)5-3-7-14-15(11,12)13;6-5(7)3-1-2-4-5/h1-2,4,6H,3,5,7H2,(H2,11,12,13);6-7H,1-4H2. The van der Waals surface area contributed by atoms with Crippen molar-refractivity contribution in [2.24, 2.45) is 5.14 Å². The van der Waals surface area contributed by atoms with Gasteiger partial charge in [-0.25, -0.2) is 5.14 Å². The smallest absolute Gasteiger partial charge is 0.333 e. The van der Waals surface area contributed by atoms with Gasteiger partial charge in [0.05, 0.1) is 6.61 Å². The highest BCUT2D eigenvalue weighted by Gasteiger charge is 2.26. The topological polar surface area (TPSA) is 110 Å². The maximum absolute atomic E-state index is 10.4. The first-order chi connectivity index (χ1) is 10.2. The second kappa shape index (κ2) is 8.81. The molecule has 2 rings (SSSR count). The summed E-state index contributed by atoms with van der Waals surface area (Å²) < 4.78 is 25.3. The van der Waals surface area contributed by atoms with Crippen LogP contribution in [0.4, 0.5) is 0 Å². The molecule has 8 heteroatoms. The molecule has 4 N–H and O–H groups in total. The van der Waals surface area contributed by atoms with Crippen LogP contribution in [0.15, 0.2) is 24.3 Å². The summed E-state index contributed by atoms with van der Waals surface area (Å²) in [6.45, 7) is 0.0735. The molecule has 1 aromatic rings. The van der Waals surface area contributed by atoms with Crippen LogP contribution in [0.25, 0.3) is 0 Å². The number of benzene rings is 1. The van der Waals surface area contributed by atoms with Crippen molar-refractivity contribution in [3.05, 3.63) is 34.9 Å². The van der Waals surface area contributed by atoms with Gasteiger partial charge in [-0.05, 0) is 37.3 Å². The number of aryl methyl sites for hydroxylation is 1. The van der Waals surface area contributed by atoms with Crippen molar-refractivity contribution in [3.63, 3.8) is 0 Å². The summed E-state index contributed by atoms with van der Waals surface area (Å²) in [5.41, 5.74) is 0.970. The molecule has 0 amide bonds. The molecular weight excluding hydrogens is 330 g/mol. The summed E-state index contributed by atoms with van der Waals surface area (Å²) in [5.74, 6) is -1.31. The van der Waals surface area contributed by atoms with Crippen molar-refractivity contribution in [2.75, 3.05) is 6.61 Å². The largest absolute Gasteiger partial charge is 0.366 e. The van der Waals surface area contributed by atoms with Crippen LogP contribution in [-0.4, -0.2) is 31.0 Å². The molecule has 1 saturated carbocycles. The van der Waals surface area contributed by atoms with E-state index in [0.717, 1.165) is 18.4 Å². The molecule has 6 nitrogen and oxygen atoms in total. The number of aliphatic hydroxyl groups is 2. The lowest BCUT2D eigenvalue weighted by Gasteiger charge is -2.11. The molecule has 0 spiro atoms. The van der Waals surface area contributed by atoms with Crippen LogP contribution in [0.1, 0.15) is 37.7 Å². The predicted molar refractivity (Wildman–Crippen MR) is 84.5 cm³/mol. The molecule has 0 aromatic heterocycles. The van der Waals surface area contributed by atoms with E-state index in [0.29, 0.717) is 30.7 Å². The fourth-order valence-corrected chi connectivity index (χ4v) is 2.66. The highest BCUT2D eigenvalue weighted by molar-refractivity contribution is 7.84. The molecule has 1 fully saturated rings.